The van der Waals surface area contributed by atoms with Crippen LogP contribution in [-0.4, -0.2) is 41.1 Å². The number of H-pyrrole nitrogens is 1. The summed E-state index contributed by atoms with van der Waals surface area (Å²) in [5, 5.41) is 0.604. The highest BCUT2D eigenvalue weighted by Crippen LogP contribution is 2.22. The zero-order chi connectivity index (χ0) is 19.2. The maximum absolute atomic E-state index is 12.3. The quantitative estimate of drug-likeness (QED) is 0.626. The minimum atomic E-state index is -0.121. The van der Waals surface area contributed by atoms with Crippen molar-refractivity contribution >= 4 is 10.9 Å². The van der Waals surface area contributed by atoms with Crippen LogP contribution in [0.2, 0.25) is 0 Å². The molecule has 4 rings (SSSR count). The number of benzene rings is 2. The molecule has 0 bridgehead atoms. The largest absolute Gasteiger partial charge is 0.494 e. The maximum atomic E-state index is 12.3. The fraction of sp³-hybridized carbons (Fsp3) is 0.391. The number of aromatic nitrogens is 2. The number of unbranched alkanes of at least 4 members (excludes halogenated alkanes) is 1. The molecule has 1 aliphatic rings. The van der Waals surface area contributed by atoms with Crippen LogP contribution in [0.1, 0.15) is 32.1 Å². The van der Waals surface area contributed by atoms with Crippen LogP contribution in [0, 0.1) is 0 Å². The molecule has 2 heterocycles. The van der Waals surface area contributed by atoms with Crippen molar-refractivity contribution in [1.82, 2.24) is 14.9 Å². The van der Waals surface area contributed by atoms with Gasteiger partial charge in [0.05, 0.1) is 17.5 Å². The van der Waals surface area contributed by atoms with E-state index in [2.05, 4.69) is 14.9 Å². The summed E-state index contributed by atoms with van der Waals surface area (Å²) in [6.45, 7) is 4.38. The Kier molecular flexibility index (Phi) is 6.02. The number of aromatic amines is 1. The van der Waals surface area contributed by atoms with Crippen LogP contribution in [0.15, 0.2) is 53.3 Å². The van der Waals surface area contributed by atoms with Crippen LogP contribution in [0.5, 0.6) is 5.75 Å². The van der Waals surface area contributed by atoms with Crippen molar-refractivity contribution in [2.75, 3.05) is 26.2 Å². The van der Waals surface area contributed by atoms with Gasteiger partial charge in [-0.1, -0.05) is 30.7 Å². The number of hydrogen-bond donors (Lipinski definition) is 1. The van der Waals surface area contributed by atoms with E-state index in [0.717, 1.165) is 17.7 Å². The van der Waals surface area contributed by atoms with Crippen LogP contribution < -0.4 is 10.3 Å². The van der Waals surface area contributed by atoms with Crippen molar-refractivity contribution in [3.8, 4) is 17.1 Å². The molecule has 3 aromatic rings. The molecule has 1 aliphatic heterocycles. The van der Waals surface area contributed by atoms with E-state index in [4.69, 9.17) is 4.74 Å². The Labute approximate surface area is 165 Å². The Morgan fingerprint density at radius 3 is 2.75 bits per heavy atom. The maximum Gasteiger partial charge on any atom is 0.259 e. The smallest absolute Gasteiger partial charge is 0.259 e. The zero-order valence-corrected chi connectivity index (χ0v) is 16.2. The summed E-state index contributed by atoms with van der Waals surface area (Å²) in [5.41, 5.74) is 1.43. The zero-order valence-electron chi connectivity index (χ0n) is 16.2. The molecule has 0 amide bonds. The minimum absolute atomic E-state index is 0.121. The molecule has 1 N–H and O–H groups in total. The van der Waals surface area contributed by atoms with E-state index >= 15 is 0 Å². The summed E-state index contributed by atoms with van der Waals surface area (Å²) in [4.78, 5) is 22.3. The average molecular weight is 377 g/mol. The van der Waals surface area contributed by atoms with Gasteiger partial charge in [-0.3, -0.25) is 4.79 Å². The Morgan fingerprint density at radius 2 is 1.86 bits per heavy atom. The second-order valence-corrected chi connectivity index (χ2v) is 7.42. The predicted molar refractivity (Wildman–Crippen MR) is 113 cm³/mol. The molecule has 5 heteroatoms. The molecule has 0 spiro atoms. The number of likely N-dealkylation sites (tertiary alicyclic amines) is 1. The number of hydrogen-bond acceptors (Lipinski definition) is 4. The van der Waals surface area contributed by atoms with Crippen LogP contribution in [0.4, 0.5) is 0 Å². The van der Waals surface area contributed by atoms with Gasteiger partial charge in [0, 0.05) is 5.56 Å². The summed E-state index contributed by atoms with van der Waals surface area (Å²) in [6, 6.07) is 15.2. The normalized spacial score (nSPS) is 15.0. The van der Waals surface area contributed by atoms with E-state index in [-0.39, 0.29) is 5.56 Å². The fourth-order valence-electron chi connectivity index (χ4n) is 3.77. The molecule has 146 valence electrons. The molecule has 0 unspecified atom stereocenters. The highest BCUT2D eigenvalue weighted by Gasteiger charge is 2.09. The lowest BCUT2D eigenvalue weighted by atomic mass is 10.1. The summed E-state index contributed by atoms with van der Waals surface area (Å²) < 4.78 is 5.94. The Morgan fingerprint density at radius 1 is 1.00 bits per heavy atom. The summed E-state index contributed by atoms with van der Waals surface area (Å²) in [6.07, 6.45) is 6.28. The predicted octanol–water partition coefficient (Wildman–Crippen LogP) is 4.24. The van der Waals surface area contributed by atoms with E-state index in [1.165, 1.54) is 45.3 Å². The molecule has 2 aromatic carbocycles. The van der Waals surface area contributed by atoms with Crippen molar-refractivity contribution in [2.45, 2.75) is 32.1 Å². The molecule has 0 aliphatic carbocycles. The summed E-state index contributed by atoms with van der Waals surface area (Å²) in [5.74, 6) is 1.38. The molecule has 5 nitrogen and oxygen atoms in total. The minimum Gasteiger partial charge on any atom is -0.494 e. The van der Waals surface area contributed by atoms with E-state index in [1.807, 2.05) is 42.5 Å². The van der Waals surface area contributed by atoms with Crippen molar-refractivity contribution in [2.24, 2.45) is 0 Å². The third kappa shape index (κ3) is 4.60. The first-order valence-electron chi connectivity index (χ1n) is 10.2. The van der Waals surface area contributed by atoms with Gasteiger partial charge in [-0.25, -0.2) is 4.98 Å². The van der Waals surface area contributed by atoms with E-state index < -0.39 is 0 Å². The number of fused-ring (bicyclic) bond motifs is 1. The molecule has 1 fully saturated rings. The van der Waals surface area contributed by atoms with Crippen LogP contribution in [0.25, 0.3) is 22.3 Å². The second kappa shape index (κ2) is 9.02. The van der Waals surface area contributed by atoms with Crippen molar-refractivity contribution in [1.29, 1.82) is 0 Å². The number of nitrogens with one attached hydrogen (secondary N) is 1. The third-order valence-corrected chi connectivity index (χ3v) is 5.31. The van der Waals surface area contributed by atoms with Gasteiger partial charge < -0.3 is 14.6 Å². The number of para-hydroxylation sites is 1. The highest BCUT2D eigenvalue weighted by atomic mass is 16.5. The van der Waals surface area contributed by atoms with Crippen LogP contribution in [0.3, 0.4) is 0 Å². The van der Waals surface area contributed by atoms with Crippen LogP contribution >= 0.6 is 0 Å². The molecule has 28 heavy (non-hydrogen) atoms. The molecule has 0 atom stereocenters. The Bertz CT molecular complexity index is 977. The van der Waals surface area contributed by atoms with Gasteiger partial charge in [0.15, 0.2) is 0 Å². The van der Waals surface area contributed by atoms with Gasteiger partial charge in [-0.2, -0.15) is 0 Å². The molecule has 0 saturated carbocycles. The molecule has 1 aromatic heterocycles. The Hall–Kier alpha value is -2.66. The van der Waals surface area contributed by atoms with Crippen LogP contribution in [-0.2, 0) is 0 Å². The van der Waals surface area contributed by atoms with Gasteiger partial charge >= 0.3 is 0 Å². The number of piperidine rings is 1. The molecule has 1 saturated heterocycles. The lowest BCUT2D eigenvalue weighted by Crippen LogP contribution is -2.30. The standard InChI is InChI=1S/C23H27N3O2/c27-23-20-11-2-3-12-21(20)24-22(25-23)18-9-8-10-19(17-18)28-16-7-6-15-26-13-4-1-5-14-26/h2-3,8-12,17H,1,4-7,13-16H2,(H,24,25,27). The molecular formula is C23H27N3O2. The third-order valence-electron chi connectivity index (χ3n) is 5.31. The SMILES string of the molecule is O=c1[nH]c(-c2cccc(OCCCCN3CCCCC3)c2)nc2ccccc12. The van der Waals surface area contributed by atoms with Crippen molar-refractivity contribution < 1.29 is 4.74 Å². The first-order chi connectivity index (χ1) is 13.8. The number of ether oxygens (including phenoxy) is 1. The molecule has 0 radical (unpaired) electrons. The number of nitrogens with zero attached hydrogens (tertiary/aromatic N) is 2. The first kappa shape index (κ1) is 18.7. The van der Waals surface area contributed by atoms with E-state index in [9.17, 15) is 4.79 Å². The monoisotopic (exact) mass is 377 g/mol. The van der Waals surface area contributed by atoms with Gasteiger partial charge in [0.1, 0.15) is 11.6 Å². The highest BCUT2D eigenvalue weighted by molar-refractivity contribution is 5.79. The van der Waals surface area contributed by atoms with Crippen molar-refractivity contribution in [3.63, 3.8) is 0 Å². The summed E-state index contributed by atoms with van der Waals surface area (Å²) >= 11 is 0. The van der Waals surface area contributed by atoms with E-state index in [1.54, 1.807) is 6.07 Å². The topological polar surface area (TPSA) is 58.2 Å². The van der Waals surface area contributed by atoms with Gasteiger partial charge in [0.25, 0.3) is 5.56 Å². The lowest BCUT2D eigenvalue weighted by molar-refractivity contribution is 0.216. The molecular weight excluding hydrogens is 350 g/mol. The van der Waals surface area contributed by atoms with Gasteiger partial charge in [0.2, 0.25) is 0 Å². The second-order valence-electron chi connectivity index (χ2n) is 7.42. The summed E-state index contributed by atoms with van der Waals surface area (Å²) in [7, 11) is 0. The number of rotatable bonds is 7. The average Bonchev–Trinajstić information content (AvgIpc) is 2.74. The first-order valence-corrected chi connectivity index (χ1v) is 10.2. The van der Waals surface area contributed by atoms with E-state index in [0.29, 0.717) is 23.3 Å². The van der Waals surface area contributed by atoms with Gasteiger partial charge in [-0.05, 0) is 69.6 Å². The fourth-order valence-corrected chi connectivity index (χ4v) is 3.77. The van der Waals surface area contributed by atoms with Crippen molar-refractivity contribution in [3.05, 3.63) is 58.9 Å². The van der Waals surface area contributed by atoms with Gasteiger partial charge in [-0.15, -0.1) is 0 Å². The lowest BCUT2D eigenvalue weighted by Gasteiger charge is -2.26. The Balaban J connectivity index is 1.36.